The number of hydrogen-bond acceptors (Lipinski definition) is 2. The highest BCUT2D eigenvalue weighted by atomic mass is 127. The largest absolute Gasteiger partial charge is 0.309 e. The number of aryl methyl sites for hydroxylation is 1. The summed E-state index contributed by atoms with van der Waals surface area (Å²) < 4.78 is 0.672. The molecule has 0 aliphatic heterocycles. The van der Waals surface area contributed by atoms with E-state index in [0.29, 0.717) is 3.57 Å². The topological polar surface area (TPSA) is 45.8 Å². The zero-order valence-corrected chi connectivity index (χ0v) is 10.4. The fourth-order valence-electron chi connectivity index (χ4n) is 0.927. The minimum Gasteiger partial charge on any atom is -0.309 e. The molecule has 1 N–H and O–H groups in total. The molecule has 0 atom stereocenters. The van der Waals surface area contributed by atoms with E-state index in [0.717, 1.165) is 11.5 Å². The highest BCUT2D eigenvalue weighted by molar-refractivity contribution is 14.1. The van der Waals surface area contributed by atoms with E-state index in [1.807, 2.05) is 50.3 Å². The molecule has 72 valence electrons. The molecule has 1 aromatic heterocycles. The van der Waals surface area contributed by atoms with Crippen molar-refractivity contribution in [3.8, 4) is 0 Å². The first-order chi connectivity index (χ1) is 5.82. The van der Waals surface area contributed by atoms with Crippen molar-refractivity contribution in [1.82, 2.24) is 9.97 Å². The average molecular weight is 292 g/mol. The maximum Gasteiger partial charge on any atom is 0.264 e. The second-order valence-corrected chi connectivity index (χ2v) is 5.14. The van der Waals surface area contributed by atoms with Crippen LogP contribution in [0.25, 0.3) is 0 Å². The normalized spacial score (nSPS) is 11.8. The van der Waals surface area contributed by atoms with Gasteiger partial charge in [0, 0.05) is 5.41 Å². The van der Waals surface area contributed by atoms with Crippen LogP contribution in [0.4, 0.5) is 0 Å². The summed E-state index contributed by atoms with van der Waals surface area (Å²) >= 11 is 2.01. The first kappa shape index (κ1) is 10.7. The van der Waals surface area contributed by atoms with E-state index in [1.54, 1.807) is 0 Å². The monoisotopic (exact) mass is 292 g/mol. The van der Waals surface area contributed by atoms with E-state index < -0.39 is 0 Å². The molecule has 13 heavy (non-hydrogen) atoms. The van der Waals surface area contributed by atoms with Gasteiger partial charge in [-0.2, -0.15) is 0 Å². The van der Waals surface area contributed by atoms with Crippen LogP contribution in [0.2, 0.25) is 0 Å². The number of nitrogens with zero attached hydrogens (tertiary/aromatic N) is 1. The summed E-state index contributed by atoms with van der Waals surface area (Å²) in [6, 6.07) is 0. The Morgan fingerprint density at radius 3 is 2.31 bits per heavy atom. The minimum atomic E-state index is -0.103. The van der Waals surface area contributed by atoms with E-state index in [-0.39, 0.29) is 11.0 Å². The number of nitrogens with one attached hydrogen (secondary N) is 1. The Labute approximate surface area is 91.1 Å². The lowest BCUT2D eigenvalue weighted by Crippen LogP contribution is -2.24. The Morgan fingerprint density at radius 2 is 1.92 bits per heavy atom. The van der Waals surface area contributed by atoms with Gasteiger partial charge in [-0.3, -0.25) is 4.79 Å². The van der Waals surface area contributed by atoms with Crippen molar-refractivity contribution in [2.45, 2.75) is 33.1 Å². The molecule has 1 aromatic rings. The molecular formula is C9H13IN2O. The van der Waals surface area contributed by atoms with Crippen LogP contribution in [0, 0.1) is 10.5 Å². The highest BCUT2D eigenvalue weighted by Gasteiger charge is 2.18. The summed E-state index contributed by atoms with van der Waals surface area (Å²) in [6.45, 7) is 7.93. The van der Waals surface area contributed by atoms with Gasteiger partial charge in [-0.15, -0.1) is 0 Å². The van der Waals surface area contributed by atoms with Gasteiger partial charge >= 0.3 is 0 Å². The van der Waals surface area contributed by atoms with Gasteiger partial charge in [0.05, 0.1) is 9.26 Å². The standard InChI is InChI=1S/C9H13IN2O/c1-5-6(10)7(13)12-8(11-5)9(2,3)4/h1-4H3,(H,11,12,13). The van der Waals surface area contributed by atoms with Crippen molar-refractivity contribution in [3.05, 3.63) is 25.4 Å². The molecule has 3 nitrogen and oxygen atoms in total. The maximum atomic E-state index is 11.4. The third-order valence-electron chi connectivity index (χ3n) is 1.74. The molecule has 0 aliphatic carbocycles. The summed E-state index contributed by atoms with van der Waals surface area (Å²) in [4.78, 5) is 18.5. The van der Waals surface area contributed by atoms with Crippen molar-refractivity contribution in [3.63, 3.8) is 0 Å². The molecule has 1 heterocycles. The summed E-state index contributed by atoms with van der Waals surface area (Å²) in [5.41, 5.74) is 0.654. The lowest BCUT2D eigenvalue weighted by Gasteiger charge is -2.17. The van der Waals surface area contributed by atoms with E-state index in [1.165, 1.54) is 0 Å². The summed E-state index contributed by atoms with van der Waals surface area (Å²) in [5, 5.41) is 0. The average Bonchev–Trinajstić information content (AvgIpc) is 1.97. The molecule has 0 aliphatic rings. The fourth-order valence-corrected chi connectivity index (χ4v) is 1.18. The molecule has 4 heteroatoms. The Hall–Kier alpha value is -0.390. The zero-order valence-electron chi connectivity index (χ0n) is 8.23. The lowest BCUT2D eigenvalue weighted by atomic mass is 9.96. The van der Waals surface area contributed by atoms with Crippen LogP contribution in [0.3, 0.4) is 0 Å². The maximum absolute atomic E-state index is 11.4. The van der Waals surface area contributed by atoms with Crippen LogP contribution in [0.15, 0.2) is 4.79 Å². The quantitative estimate of drug-likeness (QED) is 0.743. The second-order valence-electron chi connectivity index (χ2n) is 4.06. The Balaban J connectivity index is 3.38. The minimum absolute atomic E-state index is 0.0435. The van der Waals surface area contributed by atoms with Gasteiger partial charge in [0.25, 0.3) is 5.56 Å². The predicted octanol–water partition coefficient (Wildman–Crippen LogP) is 1.98. The van der Waals surface area contributed by atoms with Gasteiger partial charge < -0.3 is 4.98 Å². The smallest absolute Gasteiger partial charge is 0.264 e. The number of rotatable bonds is 0. The van der Waals surface area contributed by atoms with E-state index in [9.17, 15) is 4.79 Å². The van der Waals surface area contributed by atoms with Gasteiger partial charge in [0.1, 0.15) is 5.82 Å². The highest BCUT2D eigenvalue weighted by Crippen LogP contribution is 2.17. The van der Waals surface area contributed by atoms with Crippen molar-refractivity contribution in [1.29, 1.82) is 0 Å². The fraction of sp³-hybridized carbons (Fsp3) is 0.556. The van der Waals surface area contributed by atoms with Crippen molar-refractivity contribution >= 4 is 22.6 Å². The first-order valence-electron chi connectivity index (χ1n) is 4.09. The second kappa shape index (κ2) is 3.40. The molecule has 0 radical (unpaired) electrons. The number of H-pyrrole nitrogens is 1. The van der Waals surface area contributed by atoms with Crippen LogP contribution in [0.1, 0.15) is 32.3 Å². The molecule has 0 spiro atoms. The molecule has 0 amide bonds. The first-order valence-corrected chi connectivity index (χ1v) is 5.17. The van der Waals surface area contributed by atoms with Gasteiger partial charge in [-0.1, -0.05) is 20.8 Å². The Kier molecular flexibility index (Phi) is 2.79. The molecule has 0 unspecified atom stereocenters. The summed E-state index contributed by atoms with van der Waals surface area (Å²) in [7, 11) is 0. The molecule has 0 bridgehead atoms. The van der Waals surface area contributed by atoms with E-state index in [2.05, 4.69) is 9.97 Å². The van der Waals surface area contributed by atoms with E-state index >= 15 is 0 Å². The summed E-state index contributed by atoms with van der Waals surface area (Å²) in [6.07, 6.45) is 0. The molecule has 0 saturated heterocycles. The SMILES string of the molecule is Cc1nc(C(C)(C)C)[nH]c(=O)c1I. The van der Waals surface area contributed by atoms with Crippen molar-refractivity contribution in [2.75, 3.05) is 0 Å². The van der Waals surface area contributed by atoms with Crippen molar-refractivity contribution in [2.24, 2.45) is 0 Å². The Bertz CT molecular complexity index is 376. The van der Waals surface area contributed by atoms with Crippen LogP contribution < -0.4 is 5.56 Å². The molecule has 1 rings (SSSR count). The van der Waals surface area contributed by atoms with Crippen LogP contribution in [-0.2, 0) is 5.41 Å². The van der Waals surface area contributed by atoms with Crippen molar-refractivity contribution < 1.29 is 0 Å². The van der Waals surface area contributed by atoms with Gasteiger partial charge in [-0.25, -0.2) is 4.98 Å². The van der Waals surface area contributed by atoms with Crippen LogP contribution in [0.5, 0.6) is 0 Å². The van der Waals surface area contributed by atoms with Gasteiger partial charge in [0.2, 0.25) is 0 Å². The zero-order chi connectivity index (χ0) is 10.2. The third-order valence-corrected chi connectivity index (χ3v) is 3.01. The number of aromatic amines is 1. The van der Waals surface area contributed by atoms with E-state index in [4.69, 9.17) is 0 Å². The van der Waals surface area contributed by atoms with Crippen LogP contribution >= 0.6 is 22.6 Å². The Morgan fingerprint density at radius 1 is 1.38 bits per heavy atom. The third kappa shape index (κ3) is 2.30. The number of halogens is 1. The molecule has 0 saturated carbocycles. The molecule has 0 fully saturated rings. The van der Waals surface area contributed by atoms with Gasteiger partial charge in [0.15, 0.2) is 0 Å². The van der Waals surface area contributed by atoms with Gasteiger partial charge in [-0.05, 0) is 29.5 Å². The number of hydrogen-bond donors (Lipinski definition) is 1. The molecule has 0 aromatic carbocycles. The lowest BCUT2D eigenvalue weighted by molar-refractivity contribution is 0.539. The van der Waals surface area contributed by atoms with Crippen LogP contribution in [-0.4, -0.2) is 9.97 Å². The number of aromatic nitrogens is 2. The predicted molar refractivity (Wildman–Crippen MR) is 61.0 cm³/mol. The summed E-state index contributed by atoms with van der Waals surface area (Å²) in [5.74, 6) is 0.746. The molecular weight excluding hydrogens is 279 g/mol.